The number of para-hydroxylation sites is 1. The molecule has 1 aliphatic rings. The third-order valence-corrected chi connectivity index (χ3v) is 5.05. The van der Waals surface area contributed by atoms with Crippen LogP contribution >= 0.6 is 0 Å². The monoisotopic (exact) mass is 372 g/mol. The van der Waals surface area contributed by atoms with Crippen molar-refractivity contribution in [2.45, 2.75) is 26.0 Å². The second-order valence-electron chi connectivity index (χ2n) is 7.16. The number of carbonyl (C=O) groups excluding carboxylic acids is 1. The zero-order valence-corrected chi connectivity index (χ0v) is 16.0. The van der Waals surface area contributed by atoms with Crippen molar-refractivity contribution in [3.8, 4) is 5.75 Å². The highest BCUT2D eigenvalue weighted by atomic mass is 16.5. The van der Waals surface area contributed by atoms with Crippen LogP contribution in [0.1, 0.15) is 18.1 Å². The van der Waals surface area contributed by atoms with Crippen molar-refractivity contribution >= 4 is 17.3 Å². The van der Waals surface area contributed by atoms with Gasteiger partial charge in [0.2, 0.25) is 5.91 Å². The van der Waals surface area contributed by atoms with Crippen LogP contribution in [0.5, 0.6) is 5.75 Å². The van der Waals surface area contributed by atoms with Gasteiger partial charge in [-0.25, -0.2) is 0 Å². The Hall–Kier alpha value is -3.27. The zero-order chi connectivity index (χ0) is 19.3. The fourth-order valence-electron chi connectivity index (χ4n) is 3.60. The van der Waals surface area contributed by atoms with Crippen molar-refractivity contribution in [3.63, 3.8) is 0 Å². The molecule has 0 fully saturated rings. The van der Waals surface area contributed by atoms with Crippen LogP contribution in [0.2, 0.25) is 0 Å². The van der Waals surface area contributed by atoms with Gasteiger partial charge in [-0.1, -0.05) is 48.5 Å². The van der Waals surface area contributed by atoms with Gasteiger partial charge in [-0.05, 0) is 54.8 Å². The molecule has 1 unspecified atom stereocenters. The molecule has 1 amide bonds. The number of fused-ring (bicyclic) bond motifs is 1. The molecule has 142 valence electrons. The Morgan fingerprint density at radius 1 is 1.00 bits per heavy atom. The zero-order valence-electron chi connectivity index (χ0n) is 16.0. The Morgan fingerprint density at radius 2 is 1.71 bits per heavy atom. The van der Waals surface area contributed by atoms with Crippen LogP contribution in [0, 0.1) is 0 Å². The Balaban J connectivity index is 1.32. The summed E-state index contributed by atoms with van der Waals surface area (Å²) in [6, 6.07) is 26.2. The molecule has 0 aliphatic carbocycles. The molecule has 4 rings (SSSR count). The summed E-state index contributed by atoms with van der Waals surface area (Å²) >= 11 is 0. The number of nitrogens with one attached hydrogen (secondary N) is 1. The first-order valence-corrected chi connectivity index (χ1v) is 9.60. The highest BCUT2D eigenvalue weighted by molar-refractivity contribution is 5.94. The second-order valence-corrected chi connectivity index (χ2v) is 7.16. The highest BCUT2D eigenvalue weighted by Gasteiger charge is 2.26. The molecule has 0 bridgehead atoms. The molecule has 3 aromatic rings. The van der Waals surface area contributed by atoms with Gasteiger partial charge in [-0.15, -0.1) is 0 Å². The Kier molecular flexibility index (Phi) is 5.29. The van der Waals surface area contributed by atoms with Crippen LogP contribution < -0.4 is 15.0 Å². The van der Waals surface area contributed by atoms with Gasteiger partial charge in [-0.2, -0.15) is 0 Å². The maximum absolute atomic E-state index is 12.5. The van der Waals surface area contributed by atoms with Gasteiger partial charge in [0.15, 0.2) is 0 Å². The van der Waals surface area contributed by atoms with Gasteiger partial charge in [0.1, 0.15) is 12.4 Å². The predicted molar refractivity (Wildman–Crippen MR) is 113 cm³/mol. The van der Waals surface area contributed by atoms with Crippen molar-refractivity contribution in [2.75, 3.05) is 16.8 Å². The van der Waals surface area contributed by atoms with Crippen molar-refractivity contribution < 1.29 is 9.53 Å². The SMILES string of the molecule is CC1Cc2ccccc2N1CC(=O)Nc1ccc(OCc2ccccc2)cc1. The molecule has 0 saturated heterocycles. The standard InChI is InChI=1S/C24H24N2O2/c1-18-15-20-9-5-6-10-23(20)26(18)16-24(27)25-21-11-13-22(14-12-21)28-17-19-7-3-2-4-8-19/h2-14,18H,15-17H2,1H3,(H,25,27). The number of hydrogen-bond acceptors (Lipinski definition) is 3. The van der Waals surface area contributed by atoms with E-state index in [0.717, 1.165) is 29.1 Å². The summed E-state index contributed by atoms with van der Waals surface area (Å²) in [6.07, 6.45) is 0.983. The van der Waals surface area contributed by atoms with Crippen LogP contribution in [0.25, 0.3) is 0 Å². The molecule has 1 aliphatic heterocycles. The van der Waals surface area contributed by atoms with Gasteiger partial charge >= 0.3 is 0 Å². The van der Waals surface area contributed by atoms with E-state index in [1.165, 1.54) is 5.56 Å². The van der Waals surface area contributed by atoms with E-state index < -0.39 is 0 Å². The Labute approximate surface area is 165 Å². The van der Waals surface area contributed by atoms with E-state index in [2.05, 4.69) is 35.3 Å². The third kappa shape index (κ3) is 4.17. The molecule has 1 N–H and O–H groups in total. The second kappa shape index (κ2) is 8.17. The summed E-state index contributed by atoms with van der Waals surface area (Å²) in [5.41, 5.74) is 4.37. The van der Waals surface area contributed by atoms with Crippen LogP contribution in [-0.4, -0.2) is 18.5 Å². The van der Waals surface area contributed by atoms with E-state index in [1.54, 1.807) is 0 Å². The molecular weight excluding hydrogens is 348 g/mol. The van der Waals surface area contributed by atoms with Crippen molar-refractivity contribution in [1.29, 1.82) is 0 Å². The molecule has 0 spiro atoms. The van der Waals surface area contributed by atoms with E-state index in [-0.39, 0.29) is 5.91 Å². The maximum atomic E-state index is 12.5. The normalized spacial score (nSPS) is 15.2. The summed E-state index contributed by atoms with van der Waals surface area (Å²) in [4.78, 5) is 14.7. The molecule has 0 radical (unpaired) electrons. The minimum absolute atomic E-state index is 0.0125. The molecule has 1 atom stereocenters. The Bertz CT molecular complexity index is 938. The number of ether oxygens (including phenoxy) is 1. The van der Waals surface area contributed by atoms with Crippen molar-refractivity contribution in [2.24, 2.45) is 0 Å². The number of nitrogens with zero attached hydrogens (tertiary/aromatic N) is 1. The smallest absolute Gasteiger partial charge is 0.243 e. The van der Waals surface area contributed by atoms with Crippen LogP contribution in [-0.2, 0) is 17.8 Å². The van der Waals surface area contributed by atoms with Gasteiger partial charge < -0.3 is 15.0 Å². The summed E-state index contributed by atoms with van der Waals surface area (Å²) in [6.45, 7) is 3.04. The third-order valence-electron chi connectivity index (χ3n) is 5.05. The molecule has 0 aromatic heterocycles. The number of carbonyl (C=O) groups is 1. The van der Waals surface area contributed by atoms with Gasteiger partial charge in [0.05, 0.1) is 6.54 Å². The van der Waals surface area contributed by atoms with Crippen LogP contribution in [0.4, 0.5) is 11.4 Å². The van der Waals surface area contributed by atoms with E-state index >= 15 is 0 Å². The van der Waals surface area contributed by atoms with Crippen LogP contribution in [0.3, 0.4) is 0 Å². The van der Waals surface area contributed by atoms with Crippen molar-refractivity contribution in [1.82, 2.24) is 0 Å². The van der Waals surface area contributed by atoms with E-state index in [0.29, 0.717) is 19.2 Å². The summed E-state index contributed by atoms with van der Waals surface area (Å²) in [5.74, 6) is 0.769. The molecule has 1 heterocycles. The van der Waals surface area contributed by atoms with E-state index in [9.17, 15) is 4.79 Å². The minimum Gasteiger partial charge on any atom is -0.489 e. The molecular formula is C24H24N2O2. The van der Waals surface area contributed by atoms with E-state index in [4.69, 9.17) is 4.74 Å². The van der Waals surface area contributed by atoms with Crippen molar-refractivity contribution in [3.05, 3.63) is 90.0 Å². The molecule has 4 heteroatoms. The first-order chi connectivity index (χ1) is 13.7. The summed E-state index contributed by atoms with van der Waals surface area (Å²) in [7, 11) is 0. The number of anilines is 2. The predicted octanol–water partition coefficient (Wildman–Crippen LogP) is 4.66. The quantitative estimate of drug-likeness (QED) is 0.684. The number of hydrogen-bond donors (Lipinski definition) is 1. The molecule has 4 nitrogen and oxygen atoms in total. The highest BCUT2D eigenvalue weighted by Crippen LogP contribution is 2.31. The first-order valence-electron chi connectivity index (χ1n) is 9.60. The lowest BCUT2D eigenvalue weighted by atomic mass is 10.1. The van der Waals surface area contributed by atoms with E-state index in [1.807, 2.05) is 60.7 Å². The lowest BCUT2D eigenvalue weighted by Gasteiger charge is -2.24. The molecule has 28 heavy (non-hydrogen) atoms. The summed E-state index contributed by atoms with van der Waals surface area (Å²) in [5, 5.41) is 2.99. The van der Waals surface area contributed by atoms with Crippen LogP contribution in [0.15, 0.2) is 78.9 Å². The largest absolute Gasteiger partial charge is 0.489 e. The lowest BCUT2D eigenvalue weighted by Crippen LogP contribution is -2.37. The van der Waals surface area contributed by atoms with Gasteiger partial charge in [0.25, 0.3) is 0 Å². The summed E-state index contributed by atoms with van der Waals surface area (Å²) < 4.78 is 5.79. The number of benzene rings is 3. The topological polar surface area (TPSA) is 41.6 Å². The minimum atomic E-state index is -0.0125. The first kappa shape index (κ1) is 18.1. The lowest BCUT2D eigenvalue weighted by molar-refractivity contribution is -0.115. The number of amides is 1. The number of rotatable bonds is 6. The Morgan fingerprint density at radius 3 is 2.50 bits per heavy atom. The fourth-order valence-corrected chi connectivity index (χ4v) is 3.60. The van der Waals surface area contributed by atoms with Gasteiger partial charge in [-0.3, -0.25) is 4.79 Å². The average Bonchev–Trinajstić information content (AvgIpc) is 3.03. The van der Waals surface area contributed by atoms with Gasteiger partial charge in [0, 0.05) is 17.4 Å². The average molecular weight is 372 g/mol. The molecule has 0 saturated carbocycles. The maximum Gasteiger partial charge on any atom is 0.243 e. The fraction of sp³-hybridized carbons (Fsp3) is 0.208. The molecule has 3 aromatic carbocycles.